The molecule has 0 N–H and O–H groups in total. The Morgan fingerprint density at radius 3 is 2.29 bits per heavy atom. The Hall–Kier alpha value is -3.02. The fourth-order valence-electron chi connectivity index (χ4n) is 2.26. The molecule has 0 unspecified atom stereocenters. The number of hydrogen-bond acceptors (Lipinski definition) is 6. The summed E-state index contributed by atoms with van der Waals surface area (Å²) >= 11 is 0. The van der Waals surface area contributed by atoms with E-state index in [1.165, 1.54) is 7.11 Å². The van der Waals surface area contributed by atoms with Crippen LogP contribution in [0.4, 0.5) is 0 Å². The van der Waals surface area contributed by atoms with Gasteiger partial charge in [-0.15, -0.1) is 0 Å². The van der Waals surface area contributed by atoms with Gasteiger partial charge in [-0.3, -0.25) is 0 Å². The van der Waals surface area contributed by atoms with Crippen LogP contribution in [0.15, 0.2) is 42.5 Å². The molecular weight excluding hydrogens is 312 g/mol. The lowest BCUT2D eigenvalue weighted by molar-refractivity contribution is 0.0470. The molecule has 0 spiro atoms. The van der Waals surface area contributed by atoms with Crippen LogP contribution in [0.2, 0.25) is 0 Å². The Morgan fingerprint density at radius 2 is 1.58 bits per heavy atom. The lowest BCUT2D eigenvalue weighted by atomic mass is 10.1. The van der Waals surface area contributed by atoms with Gasteiger partial charge in [-0.1, -0.05) is 12.1 Å². The highest BCUT2D eigenvalue weighted by Gasteiger charge is 2.16. The fourth-order valence-corrected chi connectivity index (χ4v) is 2.26. The molecule has 0 fully saturated rings. The SMILES string of the molecule is COC(=O)c1ccc(COC(=O)c2ccc3c(c2)OCCO3)cc1. The molecular formula is C18H16O6. The van der Waals surface area contributed by atoms with Gasteiger partial charge in [0.15, 0.2) is 11.5 Å². The van der Waals surface area contributed by atoms with Crippen molar-refractivity contribution in [3.8, 4) is 11.5 Å². The molecule has 0 radical (unpaired) electrons. The van der Waals surface area contributed by atoms with E-state index in [9.17, 15) is 9.59 Å². The van der Waals surface area contributed by atoms with Crippen LogP contribution in [0.3, 0.4) is 0 Å². The third kappa shape index (κ3) is 3.48. The normalized spacial score (nSPS) is 12.4. The number of benzene rings is 2. The standard InChI is InChI=1S/C18H16O6/c1-21-17(19)13-4-2-12(3-5-13)11-24-18(20)14-6-7-15-16(10-14)23-9-8-22-15/h2-7,10H,8-9,11H2,1H3. The van der Waals surface area contributed by atoms with Crippen LogP contribution in [0.5, 0.6) is 11.5 Å². The highest BCUT2D eigenvalue weighted by molar-refractivity contribution is 5.90. The molecule has 2 aromatic carbocycles. The van der Waals surface area contributed by atoms with Crippen molar-refractivity contribution >= 4 is 11.9 Å². The zero-order chi connectivity index (χ0) is 16.9. The van der Waals surface area contributed by atoms with E-state index < -0.39 is 11.9 Å². The Balaban J connectivity index is 1.62. The van der Waals surface area contributed by atoms with E-state index in [0.29, 0.717) is 35.8 Å². The third-order valence-corrected chi connectivity index (χ3v) is 3.52. The van der Waals surface area contributed by atoms with Crippen LogP contribution in [-0.4, -0.2) is 32.3 Å². The fraction of sp³-hybridized carbons (Fsp3) is 0.222. The molecule has 24 heavy (non-hydrogen) atoms. The second-order valence-electron chi connectivity index (χ2n) is 5.12. The van der Waals surface area contributed by atoms with Crippen molar-refractivity contribution in [1.29, 1.82) is 0 Å². The van der Waals surface area contributed by atoms with Crippen LogP contribution in [0, 0.1) is 0 Å². The molecule has 0 aromatic heterocycles. The topological polar surface area (TPSA) is 71.1 Å². The molecule has 124 valence electrons. The van der Waals surface area contributed by atoms with Crippen LogP contribution in [-0.2, 0) is 16.1 Å². The van der Waals surface area contributed by atoms with E-state index in [0.717, 1.165) is 5.56 Å². The number of carbonyl (C=O) groups is 2. The van der Waals surface area contributed by atoms with Gasteiger partial charge in [0.05, 0.1) is 18.2 Å². The Morgan fingerprint density at radius 1 is 0.917 bits per heavy atom. The molecule has 6 nitrogen and oxygen atoms in total. The van der Waals surface area contributed by atoms with E-state index in [1.807, 2.05) is 0 Å². The van der Waals surface area contributed by atoms with Crippen molar-refractivity contribution in [2.24, 2.45) is 0 Å². The predicted octanol–water partition coefficient (Wildman–Crippen LogP) is 2.60. The van der Waals surface area contributed by atoms with Gasteiger partial charge in [0, 0.05) is 0 Å². The summed E-state index contributed by atoms with van der Waals surface area (Å²) in [6, 6.07) is 11.6. The van der Waals surface area contributed by atoms with E-state index in [1.54, 1.807) is 42.5 Å². The lowest BCUT2D eigenvalue weighted by Gasteiger charge is -2.18. The first-order valence-electron chi connectivity index (χ1n) is 7.41. The maximum Gasteiger partial charge on any atom is 0.338 e. The van der Waals surface area contributed by atoms with Crippen molar-refractivity contribution in [2.75, 3.05) is 20.3 Å². The van der Waals surface area contributed by atoms with Gasteiger partial charge in [0.2, 0.25) is 0 Å². The molecule has 1 aliphatic rings. The molecule has 2 aromatic rings. The molecule has 0 atom stereocenters. The van der Waals surface area contributed by atoms with Crippen molar-refractivity contribution in [3.63, 3.8) is 0 Å². The Kier molecular flexibility index (Phi) is 4.65. The van der Waals surface area contributed by atoms with E-state index >= 15 is 0 Å². The Labute approximate surface area is 138 Å². The first-order chi connectivity index (χ1) is 11.7. The highest BCUT2D eigenvalue weighted by Crippen LogP contribution is 2.31. The molecule has 0 saturated carbocycles. The minimum absolute atomic E-state index is 0.106. The van der Waals surface area contributed by atoms with Gasteiger partial charge in [0.25, 0.3) is 0 Å². The maximum absolute atomic E-state index is 12.1. The quantitative estimate of drug-likeness (QED) is 0.804. The molecule has 0 amide bonds. The summed E-state index contributed by atoms with van der Waals surface area (Å²) < 4.78 is 20.8. The minimum Gasteiger partial charge on any atom is -0.486 e. The minimum atomic E-state index is -0.455. The van der Waals surface area contributed by atoms with E-state index in [2.05, 4.69) is 4.74 Å². The first kappa shape index (κ1) is 15.9. The van der Waals surface area contributed by atoms with Crippen LogP contribution < -0.4 is 9.47 Å². The highest BCUT2D eigenvalue weighted by atomic mass is 16.6. The van der Waals surface area contributed by atoms with Gasteiger partial charge < -0.3 is 18.9 Å². The van der Waals surface area contributed by atoms with Crippen LogP contribution in [0.1, 0.15) is 26.3 Å². The van der Waals surface area contributed by atoms with Crippen LogP contribution in [0.25, 0.3) is 0 Å². The monoisotopic (exact) mass is 328 g/mol. The lowest BCUT2D eigenvalue weighted by Crippen LogP contribution is -2.16. The van der Waals surface area contributed by atoms with Crippen molar-refractivity contribution < 1.29 is 28.5 Å². The molecule has 3 rings (SSSR count). The number of rotatable bonds is 4. The largest absolute Gasteiger partial charge is 0.486 e. The number of carbonyl (C=O) groups excluding carboxylic acids is 2. The van der Waals surface area contributed by atoms with Crippen LogP contribution >= 0.6 is 0 Å². The molecule has 0 bridgehead atoms. The predicted molar refractivity (Wildman–Crippen MR) is 84.3 cm³/mol. The summed E-state index contributed by atoms with van der Waals surface area (Å²) in [7, 11) is 1.32. The van der Waals surface area contributed by atoms with Gasteiger partial charge in [-0.05, 0) is 35.9 Å². The number of esters is 2. The summed E-state index contributed by atoms with van der Waals surface area (Å²) in [6.45, 7) is 1.06. The molecule has 1 heterocycles. The van der Waals surface area contributed by atoms with E-state index in [-0.39, 0.29) is 6.61 Å². The summed E-state index contributed by atoms with van der Waals surface area (Å²) in [4.78, 5) is 23.5. The summed E-state index contributed by atoms with van der Waals surface area (Å²) in [5.74, 6) is 0.299. The van der Waals surface area contributed by atoms with E-state index in [4.69, 9.17) is 14.2 Å². The second-order valence-corrected chi connectivity index (χ2v) is 5.12. The molecule has 0 aliphatic carbocycles. The Bertz CT molecular complexity index is 751. The van der Waals surface area contributed by atoms with Gasteiger partial charge in [-0.2, -0.15) is 0 Å². The van der Waals surface area contributed by atoms with Crippen molar-refractivity contribution in [2.45, 2.75) is 6.61 Å². The second kappa shape index (κ2) is 7.04. The first-order valence-corrected chi connectivity index (χ1v) is 7.41. The summed E-state index contributed by atoms with van der Waals surface area (Å²) in [5, 5.41) is 0. The zero-order valence-corrected chi connectivity index (χ0v) is 13.1. The molecule has 6 heteroatoms. The van der Waals surface area contributed by atoms with Gasteiger partial charge >= 0.3 is 11.9 Å². The number of hydrogen-bond donors (Lipinski definition) is 0. The zero-order valence-electron chi connectivity index (χ0n) is 13.1. The average Bonchev–Trinajstić information content (AvgIpc) is 2.65. The molecule has 1 aliphatic heterocycles. The van der Waals surface area contributed by atoms with Crippen molar-refractivity contribution in [1.82, 2.24) is 0 Å². The average molecular weight is 328 g/mol. The van der Waals surface area contributed by atoms with Gasteiger partial charge in [0.1, 0.15) is 19.8 Å². The van der Waals surface area contributed by atoms with Crippen molar-refractivity contribution in [3.05, 3.63) is 59.2 Å². The third-order valence-electron chi connectivity index (χ3n) is 3.52. The smallest absolute Gasteiger partial charge is 0.338 e. The van der Waals surface area contributed by atoms with Gasteiger partial charge in [-0.25, -0.2) is 9.59 Å². The maximum atomic E-state index is 12.1. The summed E-state index contributed by atoms with van der Waals surface area (Å²) in [5.41, 5.74) is 1.61. The number of ether oxygens (including phenoxy) is 4. The summed E-state index contributed by atoms with van der Waals surface area (Å²) in [6.07, 6.45) is 0. The number of methoxy groups -OCH3 is 1. The molecule has 0 saturated heterocycles. The number of fused-ring (bicyclic) bond motifs is 1.